The Morgan fingerprint density at radius 2 is 2.09 bits per heavy atom. The van der Waals surface area contributed by atoms with Crippen molar-refractivity contribution < 1.29 is 4.74 Å². The third-order valence-corrected chi connectivity index (χ3v) is 1.12. The summed E-state index contributed by atoms with van der Waals surface area (Å²) in [7, 11) is 0. The second kappa shape index (κ2) is 3.75. The highest BCUT2D eigenvalue weighted by atomic mass is 16.5. The van der Waals surface area contributed by atoms with Crippen molar-refractivity contribution in [3.8, 4) is 5.75 Å². The van der Waals surface area contributed by atoms with Gasteiger partial charge < -0.3 is 10.5 Å². The van der Waals surface area contributed by atoms with E-state index >= 15 is 0 Å². The molecule has 0 aliphatic rings. The number of hydrogen-bond donors (Lipinski definition) is 1. The van der Waals surface area contributed by atoms with Crippen LogP contribution in [0, 0.1) is 0 Å². The summed E-state index contributed by atoms with van der Waals surface area (Å²) in [6, 6.07) is 0. The van der Waals surface area contributed by atoms with Crippen LogP contribution in [0.1, 0.15) is 13.3 Å². The monoisotopic (exact) mass is 153 g/mol. The van der Waals surface area contributed by atoms with Crippen LogP contribution >= 0.6 is 0 Å². The van der Waals surface area contributed by atoms with Crippen molar-refractivity contribution in [3.63, 3.8) is 0 Å². The van der Waals surface area contributed by atoms with Gasteiger partial charge in [-0.3, -0.25) is 0 Å². The molecule has 1 aromatic heterocycles. The molecule has 0 aliphatic heterocycles. The normalized spacial score (nSPS) is 9.55. The van der Waals surface area contributed by atoms with Crippen molar-refractivity contribution >= 4 is 5.95 Å². The quantitative estimate of drug-likeness (QED) is 0.699. The highest BCUT2D eigenvalue weighted by Crippen LogP contribution is 2.06. The van der Waals surface area contributed by atoms with Crippen LogP contribution in [0.25, 0.3) is 0 Å². The largest absolute Gasteiger partial charge is 0.490 e. The molecule has 0 bridgehead atoms. The van der Waals surface area contributed by atoms with Gasteiger partial charge in [0.25, 0.3) is 0 Å². The van der Waals surface area contributed by atoms with Gasteiger partial charge in [0.15, 0.2) is 5.75 Å². The Kier molecular flexibility index (Phi) is 2.66. The zero-order valence-corrected chi connectivity index (χ0v) is 6.45. The van der Waals surface area contributed by atoms with Crippen molar-refractivity contribution in [1.29, 1.82) is 0 Å². The summed E-state index contributed by atoms with van der Waals surface area (Å²) in [5, 5.41) is 0. The summed E-state index contributed by atoms with van der Waals surface area (Å²) in [6.07, 6.45) is 4.11. The molecule has 0 unspecified atom stereocenters. The van der Waals surface area contributed by atoms with Crippen LogP contribution in [0.2, 0.25) is 0 Å². The number of ether oxygens (including phenoxy) is 1. The van der Waals surface area contributed by atoms with Gasteiger partial charge in [0.2, 0.25) is 5.95 Å². The number of nitrogen functional groups attached to an aromatic ring is 1. The SMILES string of the molecule is CCCOc1cnc(N)nc1. The lowest BCUT2D eigenvalue weighted by Crippen LogP contribution is -1.98. The first-order valence-corrected chi connectivity index (χ1v) is 3.53. The Balaban J connectivity index is 2.52. The van der Waals surface area contributed by atoms with E-state index < -0.39 is 0 Å². The van der Waals surface area contributed by atoms with Crippen molar-refractivity contribution in [3.05, 3.63) is 12.4 Å². The molecule has 1 heterocycles. The minimum atomic E-state index is 0.272. The van der Waals surface area contributed by atoms with Crippen LogP contribution in [0.3, 0.4) is 0 Å². The Labute approximate surface area is 65.4 Å². The molecule has 0 atom stereocenters. The number of anilines is 1. The summed E-state index contributed by atoms with van der Waals surface area (Å²) < 4.78 is 5.23. The van der Waals surface area contributed by atoms with E-state index in [9.17, 15) is 0 Å². The fraction of sp³-hybridized carbons (Fsp3) is 0.429. The zero-order chi connectivity index (χ0) is 8.10. The first-order chi connectivity index (χ1) is 5.33. The third kappa shape index (κ3) is 2.41. The second-order valence-electron chi connectivity index (χ2n) is 2.13. The van der Waals surface area contributed by atoms with Crippen molar-refractivity contribution in [2.45, 2.75) is 13.3 Å². The van der Waals surface area contributed by atoms with Gasteiger partial charge in [-0.1, -0.05) is 6.92 Å². The van der Waals surface area contributed by atoms with Crippen LogP contribution in [0.5, 0.6) is 5.75 Å². The van der Waals surface area contributed by atoms with Crippen molar-refractivity contribution in [2.75, 3.05) is 12.3 Å². The summed E-state index contributed by atoms with van der Waals surface area (Å²) in [6.45, 7) is 2.73. The third-order valence-electron chi connectivity index (χ3n) is 1.12. The van der Waals surface area contributed by atoms with E-state index in [2.05, 4.69) is 9.97 Å². The first-order valence-electron chi connectivity index (χ1n) is 3.53. The molecule has 0 amide bonds. The number of rotatable bonds is 3. The second-order valence-corrected chi connectivity index (χ2v) is 2.13. The predicted molar refractivity (Wildman–Crippen MR) is 42.2 cm³/mol. The average molecular weight is 153 g/mol. The molecule has 0 saturated heterocycles. The van der Waals surface area contributed by atoms with E-state index in [-0.39, 0.29) is 5.95 Å². The van der Waals surface area contributed by atoms with Crippen LogP contribution in [-0.4, -0.2) is 16.6 Å². The fourth-order valence-electron chi connectivity index (χ4n) is 0.621. The standard InChI is InChI=1S/C7H11N3O/c1-2-3-11-6-4-9-7(8)10-5-6/h4-5H,2-3H2,1H3,(H2,8,9,10). The minimum absolute atomic E-state index is 0.272. The van der Waals surface area contributed by atoms with Crippen LogP contribution in [-0.2, 0) is 0 Å². The average Bonchev–Trinajstić information content (AvgIpc) is 2.04. The van der Waals surface area contributed by atoms with Crippen LogP contribution < -0.4 is 10.5 Å². The molecule has 0 saturated carbocycles. The molecule has 0 radical (unpaired) electrons. The van der Waals surface area contributed by atoms with E-state index in [1.165, 1.54) is 0 Å². The lowest BCUT2D eigenvalue weighted by atomic mass is 10.5. The number of aromatic nitrogens is 2. The van der Waals surface area contributed by atoms with E-state index in [0.717, 1.165) is 6.42 Å². The molecular weight excluding hydrogens is 142 g/mol. The summed E-state index contributed by atoms with van der Waals surface area (Å²) in [5.41, 5.74) is 5.28. The van der Waals surface area contributed by atoms with Gasteiger partial charge in [-0.15, -0.1) is 0 Å². The molecule has 1 aromatic rings. The van der Waals surface area contributed by atoms with Crippen molar-refractivity contribution in [2.24, 2.45) is 0 Å². The fourth-order valence-corrected chi connectivity index (χ4v) is 0.621. The molecule has 11 heavy (non-hydrogen) atoms. The van der Waals surface area contributed by atoms with Gasteiger partial charge in [-0.2, -0.15) is 0 Å². The Bertz CT molecular complexity index is 209. The predicted octanol–water partition coefficient (Wildman–Crippen LogP) is 0.848. The number of nitrogens with zero attached hydrogens (tertiary/aromatic N) is 2. The molecule has 2 N–H and O–H groups in total. The lowest BCUT2D eigenvalue weighted by Gasteiger charge is -2.01. The molecule has 4 nitrogen and oxygen atoms in total. The molecule has 0 aromatic carbocycles. The maximum Gasteiger partial charge on any atom is 0.220 e. The van der Waals surface area contributed by atoms with Gasteiger partial charge in [-0.05, 0) is 6.42 Å². The summed E-state index contributed by atoms with van der Waals surface area (Å²) >= 11 is 0. The topological polar surface area (TPSA) is 61.0 Å². The van der Waals surface area contributed by atoms with Gasteiger partial charge in [0.1, 0.15) is 0 Å². The maximum absolute atomic E-state index is 5.28. The molecule has 0 fully saturated rings. The lowest BCUT2D eigenvalue weighted by molar-refractivity contribution is 0.315. The number of hydrogen-bond acceptors (Lipinski definition) is 4. The smallest absolute Gasteiger partial charge is 0.220 e. The van der Waals surface area contributed by atoms with Gasteiger partial charge in [0, 0.05) is 0 Å². The van der Waals surface area contributed by atoms with Gasteiger partial charge in [-0.25, -0.2) is 9.97 Å². The highest BCUT2D eigenvalue weighted by Gasteiger charge is 1.92. The molecule has 4 heteroatoms. The van der Waals surface area contributed by atoms with Crippen LogP contribution in [0.15, 0.2) is 12.4 Å². The van der Waals surface area contributed by atoms with E-state index in [4.69, 9.17) is 10.5 Å². The molecule has 0 spiro atoms. The van der Waals surface area contributed by atoms with E-state index in [1.807, 2.05) is 6.92 Å². The zero-order valence-electron chi connectivity index (χ0n) is 6.45. The Morgan fingerprint density at radius 1 is 1.45 bits per heavy atom. The molecular formula is C7H11N3O. The molecule has 0 aliphatic carbocycles. The van der Waals surface area contributed by atoms with Crippen molar-refractivity contribution in [1.82, 2.24) is 9.97 Å². The van der Waals surface area contributed by atoms with E-state index in [0.29, 0.717) is 12.4 Å². The maximum atomic E-state index is 5.28. The van der Waals surface area contributed by atoms with E-state index in [1.54, 1.807) is 12.4 Å². The van der Waals surface area contributed by atoms with Gasteiger partial charge in [0.05, 0.1) is 19.0 Å². The number of nitrogens with two attached hydrogens (primary N) is 1. The highest BCUT2D eigenvalue weighted by molar-refractivity contribution is 5.20. The summed E-state index contributed by atoms with van der Waals surface area (Å²) in [4.78, 5) is 7.55. The summed E-state index contributed by atoms with van der Waals surface area (Å²) in [5.74, 6) is 0.940. The minimum Gasteiger partial charge on any atom is -0.490 e. The Hall–Kier alpha value is -1.32. The van der Waals surface area contributed by atoms with Crippen LogP contribution in [0.4, 0.5) is 5.95 Å². The molecule has 60 valence electrons. The Morgan fingerprint density at radius 3 is 2.64 bits per heavy atom. The first kappa shape index (κ1) is 7.78. The van der Waals surface area contributed by atoms with Gasteiger partial charge >= 0.3 is 0 Å². The molecule has 1 rings (SSSR count).